The SMILES string of the molecule is CCC(C)C(=O)N1Cc2ccc(C(=O)O)cc2C1. The highest BCUT2D eigenvalue weighted by molar-refractivity contribution is 5.88. The van der Waals surface area contributed by atoms with Crippen molar-refractivity contribution in [1.29, 1.82) is 0 Å². The zero-order chi connectivity index (χ0) is 13.3. The van der Waals surface area contributed by atoms with Gasteiger partial charge in [0.2, 0.25) is 5.91 Å². The van der Waals surface area contributed by atoms with Crippen molar-refractivity contribution in [2.75, 3.05) is 0 Å². The lowest BCUT2D eigenvalue weighted by molar-refractivity contribution is -0.135. The van der Waals surface area contributed by atoms with E-state index in [0.717, 1.165) is 17.5 Å². The van der Waals surface area contributed by atoms with Crippen molar-refractivity contribution in [3.8, 4) is 0 Å². The maximum atomic E-state index is 12.1. The molecule has 0 radical (unpaired) electrons. The zero-order valence-electron chi connectivity index (χ0n) is 10.6. The lowest BCUT2D eigenvalue weighted by Crippen LogP contribution is -2.30. The van der Waals surface area contributed by atoms with Crippen LogP contribution in [-0.4, -0.2) is 21.9 Å². The zero-order valence-corrected chi connectivity index (χ0v) is 10.6. The minimum absolute atomic E-state index is 0.0262. The Morgan fingerprint density at radius 1 is 1.33 bits per heavy atom. The van der Waals surface area contributed by atoms with Crippen molar-refractivity contribution >= 4 is 11.9 Å². The van der Waals surface area contributed by atoms with Crippen LogP contribution in [0.3, 0.4) is 0 Å². The highest BCUT2D eigenvalue weighted by atomic mass is 16.4. The average Bonchev–Trinajstić information content (AvgIpc) is 2.79. The number of hydrogen-bond donors (Lipinski definition) is 1. The summed E-state index contributed by atoms with van der Waals surface area (Å²) >= 11 is 0. The van der Waals surface area contributed by atoms with E-state index in [1.807, 2.05) is 19.9 Å². The van der Waals surface area contributed by atoms with E-state index < -0.39 is 5.97 Å². The normalized spacial score (nSPS) is 15.3. The Morgan fingerprint density at radius 2 is 2.00 bits per heavy atom. The van der Waals surface area contributed by atoms with E-state index in [4.69, 9.17) is 5.11 Å². The molecule has 1 unspecified atom stereocenters. The van der Waals surface area contributed by atoms with Gasteiger partial charge in [-0.3, -0.25) is 4.79 Å². The molecule has 0 saturated heterocycles. The Morgan fingerprint density at radius 3 is 2.61 bits per heavy atom. The van der Waals surface area contributed by atoms with Gasteiger partial charge < -0.3 is 10.0 Å². The maximum absolute atomic E-state index is 12.1. The van der Waals surface area contributed by atoms with Crippen molar-refractivity contribution in [2.45, 2.75) is 33.4 Å². The fourth-order valence-corrected chi connectivity index (χ4v) is 2.17. The Hall–Kier alpha value is -1.84. The Bertz CT molecular complexity index is 496. The molecule has 0 saturated carbocycles. The van der Waals surface area contributed by atoms with E-state index >= 15 is 0 Å². The molecular formula is C14H17NO3. The van der Waals surface area contributed by atoms with Crippen molar-refractivity contribution in [3.63, 3.8) is 0 Å². The van der Waals surface area contributed by atoms with Crippen molar-refractivity contribution in [2.24, 2.45) is 5.92 Å². The topological polar surface area (TPSA) is 57.6 Å². The van der Waals surface area contributed by atoms with Crippen LogP contribution in [0.25, 0.3) is 0 Å². The third-order valence-electron chi connectivity index (χ3n) is 3.52. The molecule has 0 fully saturated rings. The fourth-order valence-electron chi connectivity index (χ4n) is 2.17. The van der Waals surface area contributed by atoms with Crippen molar-refractivity contribution in [3.05, 3.63) is 34.9 Å². The molecule has 1 heterocycles. The van der Waals surface area contributed by atoms with E-state index in [9.17, 15) is 9.59 Å². The predicted molar refractivity (Wildman–Crippen MR) is 67.1 cm³/mol. The Labute approximate surface area is 106 Å². The molecule has 1 aliphatic rings. The van der Waals surface area contributed by atoms with E-state index in [-0.39, 0.29) is 17.4 Å². The minimum atomic E-state index is -0.926. The molecule has 0 aliphatic carbocycles. The Kier molecular flexibility index (Phi) is 3.36. The van der Waals surface area contributed by atoms with Gasteiger partial charge in [0, 0.05) is 19.0 Å². The molecule has 1 atom stereocenters. The second-order valence-corrected chi connectivity index (χ2v) is 4.79. The number of carbonyl (C=O) groups excluding carboxylic acids is 1. The van der Waals surface area contributed by atoms with Crippen LogP contribution < -0.4 is 0 Å². The molecule has 2 rings (SSSR count). The highest BCUT2D eigenvalue weighted by Crippen LogP contribution is 2.25. The molecule has 1 N–H and O–H groups in total. The first-order valence-corrected chi connectivity index (χ1v) is 6.16. The summed E-state index contributed by atoms with van der Waals surface area (Å²) in [6.07, 6.45) is 0.825. The lowest BCUT2D eigenvalue weighted by atomic mass is 10.1. The van der Waals surface area contributed by atoms with Crippen LogP contribution in [0.2, 0.25) is 0 Å². The molecule has 1 amide bonds. The summed E-state index contributed by atoms with van der Waals surface area (Å²) in [5.41, 5.74) is 2.29. The molecule has 4 heteroatoms. The first-order chi connectivity index (χ1) is 8.52. The Balaban J connectivity index is 2.18. The van der Waals surface area contributed by atoms with E-state index in [2.05, 4.69) is 0 Å². The number of amides is 1. The number of carbonyl (C=O) groups is 2. The monoisotopic (exact) mass is 247 g/mol. The first-order valence-electron chi connectivity index (χ1n) is 6.16. The summed E-state index contributed by atoms with van der Waals surface area (Å²) in [7, 11) is 0. The molecule has 0 spiro atoms. The van der Waals surface area contributed by atoms with Gasteiger partial charge >= 0.3 is 5.97 Å². The highest BCUT2D eigenvalue weighted by Gasteiger charge is 2.26. The largest absolute Gasteiger partial charge is 0.478 e. The lowest BCUT2D eigenvalue weighted by Gasteiger charge is -2.19. The van der Waals surface area contributed by atoms with Gasteiger partial charge in [-0.15, -0.1) is 0 Å². The first kappa shape index (κ1) is 12.6. The van der Waals surface area contributed by atoms with Gasteiger partial charge in [-0.1, -0.05) is 19.9 Å². The maximum Gasteiger partial charge on any atom is 0.335 e. The summed E-state index contributed by atoms with van der Waals surface area (Å²) in [6, 6.07) is 5.07. The van der Waals surface area contributed by atoms with E-state index in [1.165, 1.54) is 0 Å². The second kappa shape index (κ2) is 4.80. The van der Waals surface area contributed by atoms with Crippen molar-refractivity contribution in [1.82, 2.24) is 4.90 Å². The van der Waals surface area contributed by atoms with Crippen LogP contribution in [0.5, 0.6) is 0 Å². The molecule has 96 valence electrons. The number of hydrogen-bond acceptors (Lipinski definition) is 2. The standard InChI is InChI=1S/C14H17NO3/c1-3-9(2)13(16)15-7-11-5-4-10(14(17)18)6-12(11)8-15/h4-6,9H,3,7-8H2,1-2H3,(H,17,18). The average molecular weight is 247 g/mol. The molecular weight excluding hydrogens is 230 g/mol. The number of carboxylic acids is 1. The van der Waals surface area contributed by atoms with Gasteiger partial charge in [-0.25, -0.2) is 4.79 Å². The smallest absolute Gasteiger partial charge is 0.335 e. The predicted octanol–water partition coefficient (Wildman–Crippen LogP) is 2.27. The molecule has 0 aromatic heterocycles. The summed E-state index contributed by atoms with van der Waals surface area (Å²) in [4.78, 5) is 24.8. The van der Waals surface area contributed by atoms with Crippen LogP contribution in [0, 0.1) is 5.92 Å². The van der Waals surface area contributed by atoms with Gasteiger partial charge in [-0.2, -0.15) is 0 Å². The van der Waals surface area contributed by atoms with Gasteiger partial charge in [0.15, 0.2) is 0 Å². The van der Waals surface area contributed by atoms with Crippen LogP contribution in [-0.2, 0) is 17.9 Å². The quantitative estimate of drug-likeness (QED) is 0.891. The number of nitrogens with zero attached hydrogens (tertiary/aromatic N) is 1. The third-order valence-corrected chi connectivity index (χ3v) is 3.52. The minimum Gasteiger partial charge on any atom is -0.478 e. The second-order valence-electron chi connectivity index (χ2n) is 4.79. The van der Waals surface area contributed by atoms with Crippen molar-refractivity contribution < 1.29 is 14.7 Å². The number of rotatable bonds is 3. The van der Waals surface area contributed by atoms with Gasteiger partial charge in [0.25, 0.3) is 0 Å². The summed E-state index contributed by atoms with van der Waals surface area (Å²) in [5, 5.41) is 8.94. The van der Waals surface area contributed by atoms with Crippen LogP contribution in [0.4, 0.5) is 0 Å². The van der Waals surface area contributed by atoms with Crippen LogP contribution >= 0.6 is 0 Å². The van der Waals surface area contributed by atoms with Gasteiger partial charge in [0.1, 0.15) is 0 Å². The molecule has 0 bridgehead atoms. The van der Waals surface area contributed by atoms with E-state index in [0.29, 0.717) is 13.1 Å². The summed E-state index contributed by atoms with van der Waals surface area (Å²) in [6.45, 7) is 5.04. The third kappa shape index (κ3) is 2.23. The summed E-state index contributed by atoms with van der Waals surface area (Å²) in [5.74, 6) is -0.756. The number of aromatic carboxylic acids is 1. The molecule has 18 heavy (non-hydrogen) atoms. The molecule has 4 nitrogen and oxygen atoms in total. The number of benzene rings is 1. The van der Waals surface area contributed by atoms with Crippen LogP contribution in [0.1, 0.15) is 41.8 Å². The molecule has 1 aliphatic heterocycles. The van der Waals surface area contributed by atoms with E-state index in [1.54, 1.807) is 17.0 Å². The summed E-state index contributed by atoms with van der Waals surface area (Å²) < 4.78 is 0. The van der Waals surface area contributed by atoms with Gasteiger partial charge in [-0.05, 0) is 29.7 Å². The van der Waals surface area contributed by atoms with Gasteiger partial charge in [0.05, 0.1) is 5.56 Å². The van der Waals surface area contributed by atoms with Crippen LogP contribution in [0.15, 0.2) is 18.2 Å². The number of fused-ring (bicyclic) bond motifs is 1. The molecule has 1 aromatic rings. The number of carboxylic acid groups (broad SMARTS) is 1. The molecule has 1 aromatic carbocycles. The fraction of sp³-hybridized carbons (Fsp3) is 0.429.